The van der Waals surface area contributed by atoms with E-state index in [2.05, 4.69) is 4.98 Å². The minimum atomic E-state index is -0.558. The number of rotatable bonds is 5. The first-order chi connectivity index (χ1) is 11.1. The van der Waals surface area contributed by atoms with Crippen molar-refractivity contribution in [1.29, 1.82) is 0 Å². The van der Waals surface area contributed by atoms with Crippen LogP contribution in [-0.4, -0.2) is 26.9 Å². The lowest BCUT2D eigenvalue weighted by molar-refractivity contribution is -0.391. The lowest BCUT2D eigenvalue weighted by Crippen LogP contribution is -2.04. The predicted octanol–water partition coefficient (Wildman–Crippen LogP) is 3.27. The summed E-state index contributed by atoms with van der Waals surface area (Å²) in [6, 6.07) is 6.21. The highest BCUT2D eigenvalue weighted by Crippen LogP contribution is 2.33. The van der Waals surface area contributed by atoms with E-state index in [0.717, 1.165) is 0 Å². The lowest BCUT2D eigenvalue weighted by atomic mass is 10.2. The number of imidazole rings is 1. The molecule has 0 aliphatic heterocycles. The third kappa shape index (κ3) is 2.86. The molecule has 2 heterocycles. The summed E-state index contributed by atoms with van der Waals surface area (Å²) in [5.74, 6) is -0.603. The Balaban J connectivity index is 1.95. The number of carbonyl (C=O) groups excluding carboxylic acids is 1. The highest BCUT2D eigenvalue weighted by Gasteiger charge is 2.25. The third-order valence-corrected chi connectivity index (χ3v) is 3.70. The van der Waals surface area contributed by atoms with E-state index in [4.69, 9.17) is 9.47 Å². The molecule has 1 aromatic carbocycles. The average molecular weight is 333 g/mol. The molecule has 0 bridgehead atoms. The van der Waals surface area contributed by atoms with Gasteiger partial charge >= 0.3 is 17.7 Å². The molecule has 9 heteroatoms. The maximum atomic E-state index is 11.7. The smallest absolute Gasteiger partial charge is 0.393 e. The SMILES string of the molecule is CCOC(=O)c1cccc(Oc2nc3sccn3c2[N+](=O)[O-])c1. The highest BCUT2D eigenvalue weighted by molar-refractivity contribution is 7.15. The molecule has 0 unspecified atom stereocenters. The summed E-state index contributed by atoms with van der Waals surface area (Å²) in [7, 11) is 0. The van der Waals surface area contributed by atoms with Crippen LogP contribution >= 0.6 is 11.3 Å². The van der Waals surface area contributed by atoms with Crippen LogP contribution in [0.15, 0.2) is 35.8 Å². The summed E-state index contributed by atoms with van der Waals surface area (Å²) >= 11 is 1.26. The van der Waals surface area contributed by atoms with Gasteiger partial charge in [0.25, 0.3) is 4.96 Å². The molecule has 0 saturated heterocycles. The zero-order chi connectivity index (χ0) is 16.4. The lowest BCUT2D eigenvalue weighted by Gasteiger charge is -2.05. The van der Waals surface area contributed by atoms with Gasteiger partial charge in [-0.2, -0.15) is 9.38 Å². The molecule has 23 heavy (non-hydrogen) atoms. The van der Waals surface area contributed by atoms with E-state index in [-0.39, 0.29) is 24.1 Å². The first-order valence-corrected chi connectivity index (χ1v) is 7.53. The summed E-state index contributed by atoms with van der Waals surface area (Å²) in [5, 5.41) is 12.9. The standard InChI is InChI=1S/C14H11N3O5S/c1-2-21-13(18)9-4-3-5-10(8-9)22-11-12(17(19)20)16-6-7-23-14(16)15-11/h3-8H,2H2,1H3. The van der Waals surface area contributed by atoms with Crippen LogP contribution in [-0.2, 0) is 4.74 Å². The number of esters is 1. The average Bonchev–Trinajstić information content (AvgIpc) is 3.07. The van der Waals surface area contributed by atoms with Gasteiger partial charge in [0, 0.05) is 5.38 Å². The van der Waals surface area contributed by atoms with Crippen LogP contribution < -0.4 is 4.74 Å². The topological polar surface area (TPSA) is 96.0 Å². The predicted molar refractivity (Wildman–Crippen MR) is 82.2 cm³/mol. The minimum Gasteiger partial charge on any atom is -0.462 e. The fourth-order valence-electron chi connectivity index (χ4n) is 2.00. The largest absolute Gasteiger partial charge is 0.462 e. The van der Waals surface area contributed by atoms with Gasteiger partial charge in [0.1, 0.15) is 11.9 Å². The molecule has 0 aliphatic carbocycles. The van der Waals surface area contributed by atoms with E-state index in [9.17, 15) is 14.9 Å². The number of aromatic nitrogens is 2. The van der Waals surface area contributed by atoms with Crippen LogP contribution in [0.1, 0.15) is 17.3 Å². The van der Waals surface area contributed by atoms with E-state index in [1.54, 1.807) is 36.7 Å². The van der Waals surface area contributed by atoms with Gasteiger partial charge in [0.05, 0.1) is 12.2 Å². The Bertz CT molecular complexity index is 886. The molecule has 0 aliphatic rings. The maximum absolute atomic E-state index is 11.7. The van der Waals surface area contributed by atoms with Gasteiger partial charge in [-0.3, -0.25) is 0 Å². The Morgan fingerprint density at radius 1 is 1.48 bits per heavy atom. The second-order valence-corrected chi connectivity index (χ2v) is 5.28. The number of carbonyl (C=O) groups is 1. The molecule has 0 atom stereocenters. The fourth-order valence-corrected chi connectivity index (χ4v) is 2.70. The Morgan fingerprint density at radius 3 is 3.04 bits per heavy atom. The summed E-state index contributed by atoms with van der Waals surface area (Å²) in [5.41, 5.74) is 0.299. The van der Waals surface area contributed by atoms with Crippen LogP contribution in [0.3, 0.4) is 0 Å². The van der Waals surface area contributed by atoms with Gasteiger partial charge in [-0.25, -0.2) is 4.79 Å². The van der Waals surface area contributed by atoms with E-state index in [1.165, 1.54) is 21.8 Å². The van der Waals surface area contributed by atoms with Crippen molar-refractivity contribution < 1.29 is 19.2 Å². The molecule has 2 aromatic heterocycles. The molecule has 3 rings (SSSR count). The van der Waals surface area contributed by atoms with Crippen molar-refractivity contribution in [3.63, 3.8) is 0 Å². The Morgan fingerprint density at radius 2 is 2.30 bits per heavy atom. The number of nitro groups is 1. The second-order valence-electron chi connectivity index (χ2n) is 4.40. The first kappa shape index (κ1) is 15.0. The van der Waals surface area contributed by atoms with Gasteiger partial charge in [-0.05, 0) is 30.0 Å². The van der Waals surface area contributed by atoms with Gasteiger partial charge in [0.15, 0.2) is 0 Å². The Labute approximate surface area is 134 Å². The zero-order valence-electron chi connectivity index (χ0n) is 12.0. The van der Waals surface area contributed by atoms with Crippen LogP contribution in [0.25, 0.3) is 4.96 Å². The number of thiazole rings is 1. The van der Waals surface area contributed by atoms with Crippen LogP contribution in [0.5, 0.6) is 11.6 Å². The Hall–Kier alpha value is -2.94. The minimum absolute atomic E-state index is 0.122. The molecule has 0 amide bonds. The van der Waals surface area contributed by atoms with Gasteiger partial charge in [-0.1, -0.05) is 17.4 Å². The van der Waals surface area contributed by atoms with Crippen molar-refractivity contribution >= 4 is 28.1 Å². The fraction of sp³-hybridized carbons (Fsp3) is 0.143. The van der Waals surface area contributed by atoms with Crippen molar-refractivity contribution in [2.75, 3.05) is 6.61 Å². The molecular weight excluding hydrogens is 322 g/mol. The second kappa shape index (κ2) is 6.05. The molecule has 118 valence electrons. The molecule has 3 aromatic rings. The summed E-state index contributed by atoms with van der Waals surface area (Å²) < 4.78 is 11.8. The van der Waals surface area contributed by atoms with Crippen LogP contribution in [0.4, 0.5) is 5.82 Å². The van der Waals surface area contributed by atoms with Crippen LogP contribution in [0.2, 0.25) is 0 Å². The summed E-state index contributed by atoms with van der Waals surface area (Å²) in [6.07, 6.45) is 1.55. The Kier molecular flexibility index (Phi) is 3.94. The highest BCUT2D eigenvalue weighted by atomic mass is 32.1. The number of hydrogen-bond donors (Lipinski definition) is 0. The number of benzene rings is 1. The molecule has 0 saturated carbocycles. The third-order valence-electron chi connectivity index (χ3n) is 2.94. The van der Waals surface area contributed by atoms with E-state index in [1.807, 2.05) is 0 Å². The number of hydrogen-bond acceptors (Lipinski definition) is 7. The van der Waals surface area contributed by atoms with Crippen molar-refractivity contribution in [3.8, 4) is 11.6 Å². The van der Waals surface area contributed by atoms with Crippen molar-refractivity contribution in [3.05, 3.63) is 51.5 Å². The van der Waals surface area contributed by atoms with E-state index >= 15 is 0 Å². The molecule has 0 fully saturated rings. The number of nitrogens with zero attached hydrogens (tertiary/aromatic N) is 3. The quantitative estimate of drug-likeness (QED) is 0.404. The van der Waals surface area contributed by atoms with Crippen molar-refractivity contribution in [2.24, 2.45) is 0 Å². The van der Waals surface area contributed by atoms with Crippen molar-refractivity contribution in [1.82, 2.24) is 9.38 Å². The zero-order valence-corrected chi connectivity index (χ0v) is 12.8. The summed E-state index contributed by atoms with van der Waals surface area (Å²) in [4.78, 5) is 27.0. The van der Waals surface area contributed by atoms with Gasteiger partial charge in [-0.15, -0.1) is 0 Å². The first-order valence-electron chi connectivity index (χ1n) is 6.65. The molecule has 0 spiro atoms. The molecule has 8 nitrogen and oxygen atoms in total. The molecule has 0 radical (unpaired) electrons. The molecule has 0 N–H and O–H groups in total. The van der Waals surface area contributed by atoms with Gasteiger partial charge in [0.2, 0.25) is 0 Å². The monoisotopic (exact) mass is 333 g/mol. The van der Waals surface area contributed by atoms with E-state index < -0.39 is 10.9 Å². The maximum Gasteiger partial charge on any atom is 0.393 e. The van der Waals surface area contributed by atoms with E-state index in [0.29, 0.717) is 10.5 Å². The normalized spacial score (nSPS) is 10.7. The summed E-state index contributed by atoms with van der Waals surface area (Å²) in [6.45, 7) is 1.96. The van der Waals surface area contributed by atoms with Crippen LogP contribution in [0, 0.1) is 10.1 Å². The number of fused-ring (bicyclic) bond motifs is 1. The van der Waals surface area contributed by atoms with Gasteiger partial charge < -0.3 is 19.6 Å². The number of ether oxygens (including phenoxy) is 2. The van der Waals surface area contributed by atoms with Crippen molar-refractivity contribution in [2.45, 2.75) is 6.92 Å². The molecular formula is C14H11N3O5S.